The highest BCUT2D eigenvalue weighted by molar-refractivity contribution is 5.76. The van der Waals surface area contributed by atoms with Crippen LogP contribution in [0.4, 0.5) is 0 Å². The van der Waals surface area contributed by atoms with Crippen molar-refractivity contribution < 1.29 is 14.7 Å². The molecule has 0 radical (unpaired) electrons. The number of nitrogens with one attached hydrogen (secondary N) is 1. The summed E-state index contributed by atoms with van der Waals surface area (Å²) in [7, 11) is 0. The van der Waals surface area contributed by atoms with Crippen LogP contribution in [0.2, 0.25) is 0 Å². The molecule has 1 aromatic heterocycles. The van der Waals surface area contributed by atoms with Gasteiger partial charge >= 0.3 is 5.97 Å². The Morgan fingerprint density at radius 1 is 1.12 bits per heavy atom. The van der Waals surface area contributed by atoms with Gasteiger partial charge < -0.3 is 15.0 Å². The minimum absolute atomic E-state index is 0.145. The fourth-order valence-corrected chi connectivity index (χ4v) is 4.00. The van der Waals surface area contributed by atoms with E-state index >= 15 is 0 Å². The molecule has 0 unspecified atom stereocenters. The van der Waals surface area contributed by atoms with Gasteiger partial charge in [0, 0.05) is 31.9 Å². The van der Waals surface area contributed by atoms with Crippen molar-refractivity contribution in [3.8, 4) is 0 Å². The highest BCUT2D eigenvalue weighted by Crippen LogP contribution is 2.27. The van der Waals surface area contributed by atoms with E-state index in [-0.39, 0.29) is 6.54 Å². The molecule has 1 fully saturated rings. The number of aryl methyl sites for hydroxylation is 1. The summed E-state index contributed by atoms with van der Waals surface area (Å²) in [6.45, 7) is 4.67. The van der Waals surface area contributed by atoms with Crippen LogP contribution in [0.5, 0.6) is 0 Å². The van der Waals surface area contributed by atoms with Crippen molar-refractivity contribution in [1.29, 1.82) is 0 Å². The smallest absolute Gasteiger partial charge is 0.317 e. The van der Waals surface area contributed by atoms with Crippen molar-refractivity contribution in [2.24, 2.45) is 0 Å². The summed E-state index contributed by atoms with van der Waals surface area (Å²) in [5.74, 6) is -0.748. The maximum absolute atomic E-state index is 11.3. The number of aldehydes is 1. The summed E-state index contributed by atoms with van der Waals surface area (Å²) in [4.78, 5) is 29.8. The van der Waals surface area contributed by atoms with Crippen LogP contribution in [-0.4, -0.2) is 71.4 Å². The van der Waals surface area contributed by atoms with E-state index in [4.69, 9.17) is 5.11 Å². The second-order valence-electron chi connectivity index (χ2n) is 6.91. The molecule has 1 saturated heterocycles. The molecule has 0 bridgehead atoms. The molecule has 2 aliphatic rings. The molecule has 1 aliphatic carbocycles. The molecule has 6 heteroatoms. The summed E-state index contributed by atoms with van der Waals surface area (Å²) in [6.07, 6.45) is 7.58. The number of carboxylic acid groups (broad SMARTS) is 1. The number of carbonyl (C=O) groups excluding carboxylic acids is 1. The van der Waals surface area contributed by atoms with E-state index in [0.717, 1.165) is 70.4 Å². The van der Waals surface area contributed by atoms with Crippen molar-refractivity contribution in [2.75, 3.05) is 39.3 Å². The number of aromatic amines is 1. The van der Waals surface area contributed by atoms with Crippen LogP contribution in [0.1, 0.15) is 46.6 Å². The molecule has 0 aromatic carbocycles. The Labute approximate surface area is 142 Å². The number of fused-ring (bicyclic) bond motifs is 1. The van der Waals surface area contributed by atoms with Crippen LogP contribution in [0.25, 0.3) is 0 Å². The van der Waals surface area contributed by atoms with E-state index in [9.17, 15) is 9.59 Å². The van der Waals surface area contributed by atoms with Crippen LogP contribution in [0.15, 0.2) is 0 Å². The number of carbonyl (C=O) groups is 2. The normalized spacial score (nSPS) is 19.2. The summed E-state index contributed by atoms with van der Waals surface area (Å²) in [6, 6.07) is 0. The van der Waals surface area contributed by atoms with Crippen LogP contribution in [0.3, 0.4) is 0 Å². The minimum Gasteiger partial charge on any atom is -0.480 e. The molecule has 0 amide bonds. The number of piperazine rings is 1. The van der Waals surface area contributed by atoms with Crippen molar-refractivity contribution in [3.05, 3.63) is 22.5 Å². The molecule has 2 heterocycles. The summed E-state index contributed by atoms with van der Waals surface area (Å²) < 4.78 is 0. The topological polar surface area (TPSA) is 76.6 Å². The second kappa shape index (κ2) is 7.94. The number of rotatable bonds is 7. The Morgan fingerprint density at radius 3 is 2.54 bits per heavy atom. The van der Waals surface area contributed by atoms with Crippen LogP contribution in [0, 0.1) is 0 Å². The van der Waals surface area contributed by atoms with E-state index in [0.29, 0.717) is 0 Å². The zero-order valence-electron chi connectivity index (χ0n) is 14.2. The fourth-order valence-electron chi connectivity index (χ4n) is 4.00. The van der Waals surface area contributed by atoms with Gasteiger partial charge in [0.15, 0.2) is 6.29 Å². The maximum atomic E-state index is 11.3. The Balaban J connectivity index is 1.48. The number of H-pyrrole nitrogens is 1. The average Bonchev–Trinajstić information content (AvgIpc) is 2.94. The molecular formula is C18H27N3O3. The Kier molecular flexibility index (Phi) is 5.68. The molecule has 0 atom stereocenters. The van der Waals surface area contributed by atoms with Crippen molar-refractivity contribution in [1.82, 2.24) is 14.8 Å². The lowest BCUT2D eigenvalue weighted by molar-refractivity contribution is -0.138. The van der Waals surface area contributed by atoms with Crippen LogP contribution in [-0.2, 0) is 24.1 Å². The first-order chi connectivity index (χ1) is 11.7. The predicted octanol–water partition coefficient (Wildman–Crippen LogP) is 1.34. The largest absolute Gasteiger partial charge is 0.480 e. The average molecular weight is 333 g/mol. The molecule has 3 rings (SSSR count). The maximum Gasteiger partial charge on any atom is 0.317 e. The minimum atomic E-state index is -0.748. The standard InChI is InChI=1S/C18H27N3O3/c22-13-17-15(14-4-1-2-6-16(14)19-17)5-3-7-20-8-10-21(11-9-20)12-18(23)24/h13,19H,1-12H2,(H,23,24). The Morgan fingerprint density at radius 2 is 1.83 bits per heavy atom. The van der Waals surface area contributed by atoms with E-state index in [2.05, 4.69) is 9.88 Å². The quantitative estimate of drug-likeness (QED) is 0.737. The molecule has 132 valence electrons. The molecule has 0 spiro atoms. The van der Waals surface area contributed by atoms with Gasteiger partial charge in [-0.3, -0.25) is 14.5 Å². The summed E-state index contributed by atoms with van der Waals surface area (Å²) in [5.41, 5.74) is 4.70. The summed E-state index contributed by atoms with van der Waals surface area (Å²) in [5, 5.41) is 8.84. The number of carboxylic acids is 1. The van der Waals surface area contributed by atoms with Crippen LogP contribution >= 0.6 is 0 Å². The molecule has 0 saturated carbocycles. The third-order valence-corrected chi connectivity index (χ3v) is 5.29. The first-order valence-electron chi connectivity index (χ1n) is 9.01. The third-order valence-electron chi connectivity index (χ3n) is 5.29. The first kappa shape index (κ1) is 17.2. The number of hydrogen-bond donors (Lipinski definition) is 2. The lowest BCUT2D eigenvalue weighted by Gasteiger charge is -2.33. The van der Waals surface area contributed by atoms with Gasteiger partial charge in [-0.2, -0.15) is 0 Å². The fraction of sp³-hybridized carbons (Fsp3) is 0.667. The number of hydrogen-bond acceptors (Lipinski definition) is 4. The van der Waals surface area contributed by atoms with Gasteiger partial charge in [-0.1, -0.05) is 0 Å². The van der Waals surface area contributed by atoms with Crippen molar-refractivity contribution >= 4 is 12.3 Å². The predicted molar refractivity (Wildman–Crippen MR) is 91.7 cm³/mol. The van der Waals surface area contributed by atoms with Gasteiger partial charge in [0.1, 0.15) is 0 Å². The van der Waals surface area contributed by atoms with Gasteiger partial charge in [0.05, 0.1) is 12.2 Å². The van der Waals surface area contributed by atoms with Crippen LogP contribution < -0.4 is 0 Å². The zero-order valence-corrected chi connectivity index (χ0v) is 14.2. The summed E-state index contributed by atoms with van der Waals surface area (Å²) >= 11 is 0. The lowest BCUT2D eigenvalue weighted by atomic mass is 9.92. The van der Waals surface area contributed by atoms with E-state index in [1.165, 1.54) is 29.7 Å². The highest BCUT2D eigenvalue weighted by atomic mass is 16.4. The Hall–Kier alpha value is -1.66. The SMILES string of the molecule is O=Cc1[nH]c2c(c1CCCN1CCN(CC(=O)O)CC1)CCCC2. The molecule has 1 aromatic rings. The molecule has 24 heavy (non-hydrogen) atoms. The molecule has 1 aliphatic heterocycles. The van der Waals surface area contributed by atoms with Gasteiger partial charge in [-0.25, -0.2) is 0 Å². The first-order valence-corrected chi connectivity index (χ1v) is 9.01. The number of aliphatic carboxylic acids is 1. The number of aromatic nitrogens is 1. The zero-order chi connectivity index (χ0) is 16.9. The van der Waals surface area contributed by atoms with Gasteiger partial charge in [-0.15, -0.1) is 0 Å². The monoisotopic (exact) mass is 333 g/mol. The third kappa shape index (κ3) is 4.05. The second-order valence-corrected chi connectivity index (χ2v) is 6.91. The van der Waals surface area contributed by atoms with E-state index in [1.54, 1.807) is 0 Å². The van der Waals surface area contributed by atoms with Gasteiger partial charge in [0.2, 0.25) is 0 Å². The highest BCUT2D eigenvalue weighted by Gasteiger charge is 2.21. The Bertz CT molecular complexity index is 589. The lowest BCUT2D eigenvalue weighted by Crippen LogP contribution is -2.48. The van der Waals surface area contributed by atoms with Gasteiger partial charge in [0.25, 0.3) is 0 Å². The van der Waals surface area contributed by atoms with E-state index in [1.807, 2.05) is 4.90 Å². The number of nitrogens with zero attached hydrogens (tertiary/aromatic N) is 2. The van der Waals surface area contributed by atoms with Crippen molar-refractivity contribution in [2.45, 2.75) is 38.5 Å². The van der Waals surface area contributed by atoms with Gasteiger partial charge in [-0.05, 0) is 56.2 Å². The van der Waals surface area contributed by atoms with E-state index < -0.39 is 5.97 Å². The molecule has 6 nitrogen and oxygen atoms in total. The molecular weight excluding hydrogens is 306 g/mol. The van der Waals surface area contributed by atoms with Crippen molar-refractivity contribution in [3.63, 3.8) is 0 Å². The molecule has 2 N–H and O–H groups in total.